The molecule has 14 heavy (non-hydrogen) atoms. The molecule has 0 aromatic carbocycles. The van der Waals surface area contributed by atoms with E-state index in [4.69, 9.17) is 15.3 Å². The first-order valence-corrected chi connectivity index (χ1v) is 4.42. The highest BCUT2D eigenvalue weighted by Crippen LogP contribution is 1.99. The van der Waals surface area contributed by atoms with E-state index in [1.54, 1.807) is 0 Å². The zero-order valence-electron chi connectivity index (χ0n) is 8.29. The van der Waals surface area contributed by atoms with E-state index < -0.39 is 5.54 Å². The van der Waals surface area contributed by atoms with Crippen molar-refractivity contribution in [3.05, 3.63) is 0 Å². The maximum Gasteiger partial charge on any atom is 0.216 e. The average Bonchev–Trinajstić information content (AvgIpc) is 2.19. The average molecular weight is 206 g/mol. The van der Waals surface area contributed by atoms with Crippen molar-refractivity contribution in [2.24, 2.45) is 0 Å². The van der Waals surface area contributed by atoms with Gasteiger partial charge in [0.1, 0.15) is 0 Å². The van der Waals surface area contributed by atoms with E-state index >= 15 is 0 Å². The fraction of sp³-hybridized carbons (Fsp3) is 0.875. The zero-order chi connectivity index (χ0) is 11.0. The topological polar surface area (TPSA) is 102 Å². The molecule has 84 valence electrons. The van der Waals surface area contributed by atoms with Gasteiger partial charge in [-0.25, -0.2) is 0 Å². The predicted octanol–water partition coefficient (Wildman–Crippen LogP) is -2.57. The van der Waals surface area contributed by atoms with Gasteiger partial charge in [-0.15, -0.1) is 0 Å². The molecule has 0 aromatic rings. The Hall–Kier alpha value is -0.690. The van der Waals surface area contributed by atoms with E-state index in [2.05, 4.69) is 10.6 Å². The molecule has 0 atom stereocenters. The lowest BCUT2D eigenvalue weighted by atomic mass is 10.0. The molecule has 5 N–H and O–H groups in total. The molecule has 0 aliphatic heterocycles. The van der Waals surface area contributed by atoms with Crippen LogP contribution in [0.2, 0.25) is 0 Å². The molecule has 6 heteroatoms. The summed E-state index contributed by atoms with van der Waals surface area (Å²) in [6.45, 7) is 1.08. The summed E-state index contributed by atoms with van der Waals surface area (Å²) in [6.07, 6.45) is 0. The minimum absolute atomic E-state index is 0.144. The number of nitrogens with one attached hydrogen (secondary N) is 2. The summed E-state index contributed by atoms with van der Waals surface area (Å²) in [6, 6.07) is 0. The molecule has 0 bridgehead atoms. The van der Waals surface area contributed by atoms with Gasteiger partial charge in [-0.05, 0) is 0 Å². The van der Waals surface area contributed by atoms with E-state index in [0.717, 1.165) is 0 Å². The van der Waals surface area contributed by atoms with Gasteiger partial charge >= 0.3 is 0 Å². The summed E-state index contributed by atoms with van der Waals surface area (Å²) in [4.78, 5) is 10.5. The van der Waals surface area contributed by atoms with Gasteiger partial charge < -0.3 is 26.0 Å². The van der Waals surface area contributed by atoms with Crippen LogP contribution in [0.4, 0.5) is 0 Å². The lowest BCUT2D eigenvalue weighted by molar-refractivity contribution is -0.118. The van der Waals surface area contributed by atoms with Crippen molar-refractivity contribution in [2.75, 3.05) is 32.9 Å². The molecule has 0 unspecified atom stereocenters. The smallest absolute Gasteiger partial charge is 0.216 e. The van der Waals surface area contributed by atoms with Crippen LogP contribution in [-0.2, 0) is 4.79 Å². The third kappa shape index (κ3) is 4.52. The minimum Gasteiger partial charge on any atom is -0.394 e. The number of hydrogen-bond donors (Lipinski definition) is 5. The Bertz CT molecular complexity index is 162. The Balaban J connectivity index is 3.77. The molecule has 0 radical (unpaired) electrons. The molecule has 0 rings (SSSR count). The van der Waals surface area contributed by atoms with Crippen LogP contribution >= 0.6 is 0 Å². The van der Waals surface area contributed by atoms with E-state index in [1.807, 2.05) is 0 Å². The Morgan fingerprint density at radius 2 is 1.64 bits per heavy atom. The van der Waals surface area contributed by atoms with Gasteiger partial charge in [-0.3, -0.25) is 4.79 Å². The molecule has 0 heterocycles. The lowest BCUT2D eigenvalue weighted by Crippen LogP contribution is -2.56. The van der Waals surface area contributed by atoms with Crippen LogP contribution < -0.4 is 10.6 Å². The normalized spacial score (nSPS) is 11.4. The van der Waals surface area contributed by atoms with Crippen LogP contribution in [0.3, 0.4) is 0 Å². The summed E-state index contributed by atoms with van der Waals surface area (Å²) < 4.78 is 0. The van der Waals surface area contributed by atoms with Gasteiger partial charge in [0, 0.05) is 20.0 Å². The van der Waals surface area contributed by atoms with Gasteiger partial charge in [-0.1, -0.05) is 0 Å². The number of aliphatic hydroxyl groups is 3. The molecule has 0 aliphatic rings. The molecule has 6 nitrogen and oxygen atoms in total. The number of amides is 1. The second-order valence-corrected chi connectivity index (χ2v) is 3.16. The summed E-state index contributed by atoms with van der Waals surface area (Å²) in [5.74, 6) is -0.144. The fourth-order valence-electron chi connectivity index (χ4n) is 0.884. The zero-order valence-corrected chi connectivity index (χ0v) is 8.29. The molecular formula is C8H18N2O4. The molecule has 0 aromatic heterocycles. The predicted molar refractivity (Wildman–Crippen MR) is 50.7 cm³/mol. The number of rotatable bonds is 7. The molecule has 0 aliphatic carbocycles. The van der Waals surface area contributed by atoms with Crippen molar-refractivity contribution >= 4 is 5.91 Å². The van der Waals surface area contributed by atoms with Crippen molar-refractivity contribution < 1.29 is 20.1 Å². The van der Waals surface area contributed by atoms with E-state index in [0.29, 0.717) is 13.1 Å². The number of hydrogen-bond acceptors (Lipinski definition) is 5. The minimum atomic E-state index is -1.07. The van der Waals surface area contributed by atoms with Crippen molar-refractivity contribution in [3.8, 4) is 0 Å². The van der Waals surface area contributed by atoms with Crippen molar-refractivity contribution in [1.29, 1.82) is 0 Å². The number of aliphatic hydroxyl groups excluding tert-OH is 3. The van der Waals surface area contributed by atoms with E-state index in [1.165, 1.54) is 6.92 Å². The summed E-state index contributed by atoms with van der Waals surface area (Å²) in [7, 11) is 0. The third-order valence-electron chi connectivity index (χ3n) is 1.91. The van der Waals surface area contributed by atoms with Crippen molar-refractivity contribution in [2.45, 2.75) is 12.5 Å². The molecule has 0 fully saturated rings. The van der Waals surface area contributed by atoms with Crippen molar-refractivity contribution in [3.63, 3.8) is 0 Å². The lowest BCUT2D eigenvalue weighted by Gasteiger charge is -2.28. The van der Waals surface area contributed by atoms with Gasteiger partial charge in [0.15, 0.2) is 0 Å². The largest absolute Gasteiger partial charge is 0.394 e. The molecule has 0 spiro atoms. The van der Waals surface area contributed by atoms with Crippen LogP contribution in [-0.4, -0.2) is 59.7 Å². The summed E-state index contributed by atoms with van der Waals surface area (Å²) in [5.41, 5.74) is -1.07. The standard InChI is InChI=1S/C8H18N2O4/c1-7(14)9-2-3-10-8(4-11,5-12)6-13/h10-13H,2-6H2,1H3,(H,9,14). The maximum atomic E-state index is 10.5. The Morgan fingerprint density at radius 1 is 1.14 bits per heavy atom. The highest BCUT2D eigenvalue weighted by atomic mass is 16.3. The second-order valence-electron chi connectivity index (χ2n) is 3.16. The van der Waals surface area contributed by atoms with Crippen LogP contribution in [0.1, 0.15) is 6.92 Å². The second kappa shape index (κ2) is 6.72. The van der Waals surface area contributed by atoms with Crippen LogP contribution in [0.5, 0.6) is 0 Å². The highest BCUT2D eigenvalue weighted by Gasteiger charge is 2.26. The monoisotopic (exact) mass is 206 g/mol. The van der Waals surface area contributed by atoms with E-state index in [9.17, 15) is 4.79 Å². The number of carbonyl (C=O) groups excluding carboxylic acids is 1. The first-order valence-electron chi connectivity index (χ1n) is 4.42. The Kier molecular flexibility index (Phi) is 6.39. The molecule has 0 saturated carbocycles. The quantitative estimate of drug-likeness (QED) is 0.295. The Labute approximate surface area is 82.9 Å². The van der Waals surface area contributed by atoms with Gasteiger partial charge in [0.25, 0.3) is 0 Å². The molecular weight excluding hydrogens is 188 g/mol. The van der Waals surface area contributed by atoms with Crippen molar-refractivity contribution in [1.82, 2.24) is 10.6 Å². The first-order chi connectivity index (χ1) is 6.60. The first kappa shape index (κ1) is 13.3. The van der Waals surface area contributed by atoms with Gasteiger partial charge in [0.2, 0.25) is 5.91 Å². The van der Waals surface area contributed by atoms with Crippen LogP contribution in [0.15, 0.2) is 0 Å². The number of carbonyl (C=O) groups is 1. The molecule has 0 saturated heterocycles. The summed E-state index contributed by atoms with van der Waals surface area (Å²) >= 11 is 0. The van der Waals surface area contributed by atoms with Gasteiger partial charge in [-0.2, -0.15) is 0 Å². The SMILES string of the molecule is CC(=O)NCCNC(CO)(CO)CO. The Morgan fingerprint density at radius 3 is 2.00 bits per heavy atom. The fourth-order valence-corrected chi connectivity index (χ4v) is 0.884. The highest BCUT2D eigenvalue weighted by molar-refractivity contribution is 5.72. The van der Waals surface area contributed by atoms with Crippen LogP contribution in [0, 0.1) is 0 Å². The van der Waals surface area contributed by atoms with Gasteiger partial charge in [0.05, 0.1) is 25.4 Å². The van der Waals surface area contributed by atoms with E-state index in [-0.39, 0.29) is 25.7 Å². The summed E-state index contributed by atoms with van der Waals surface area (Å²) in [5, 5.41) is 32.1. The third-order valence-corrected chi connectivity index (χ3v) is 1.91. The maximum absolute atomic E-state index is 10.5. The van der Waals surface area contributed by atoms with Crippen LogP contribution in [0.25, 0.3) is 0 Å². The molecule has 1 amide bonds.